The lowest BCUT2D eigenvalue weighted by Crippen LogP contribution is -2.49. The molecule has 2 heterocycles. The molecule has 11 nitrogen and oxygen atoms in total. The first kappa shape index (κ1) is 22.1. The third-order valence-electron chi connectivity index (χ3n) is 5.65. The molecule has 1 aliphatic rings. The van der Waals surface area contributed by atoms with Gasteiger partial charge >= 0.3 is 5.69 Å². The van der Waals surface area contributed by atoms with Gasteiger partial charge in [0.15, 0.2) is 11.4 Å². The maximum absolute atomic E-state index is 13.4. The second-order valence-corrected chi connectivity index (χ2v) is 7.50. The number of carbonyl (C=O) groups is 1. The molecular formula is C22H24N6O5. The molecule has 1 amide bonds. The first-order valence-electron chi connectivity index (χ1n) is 10.4. The number of nitro groups is 1. The first-order chi connectivity index (χ1) is 15.9. The Kier molecular flexibility index (Phi) is 6.11. The van der Waals surface area contributed by atoms with E-state index in [1.807, 2.05) is 18.2 Å². The van der Waals surface area contributed by atoms with E-state index in [1.54, 1.807) is 37.1 Å². The summed E-state index contributed by atoms with van der Waals surface area (Å²) in [6.45, 7) is 3.86. The van der Waals surface area contributed by atoms with E-state index in [4.69, 9.17) is 9.47 Å². The fraction of sp³-hybridized carbons (Fsp3) is 0.318. The highest BCUT2D eigenvalue weighted by Crippen LogP contribution is 2.32. The molecule has 4 rings (SSSR count). The quantitative estimate of drug-likeness (QED) is 0.414. The van der Waals surface area contributed by atoms with Crippen molar-refractivity contribution in [2.75, 3.05) is 45.3 Å². The Labute approximate surface area is 190 Å². The van der Waals surface area contributed by atoms with E-state index in [-0.39, 0.29) is 17.3 Å². The molecule has 0 N–H and O–H groups in total. The van der Waals surface area contributed by atoms with Gasteiger partial charge in [-0.3, -0.25) is 14.9 Å². The minimum absolute atomic E-state index is 0.0809. The van der Waals surface area contributed by atoms with Gasteiger partial charge < -0.3 is 19.3 Å². The number of rotatable bonds is 6. The zero-order valence-corrected chi connectivity index (χ0v) is 18.6. The highest BCUT2D eigenvalue weighted by Gasteiger charge is 2.29. The second kappa shape index (κ2) is 9.15. The molecule has 33 heavy (non-hydrogen) atoms. The van der Waals surface area contributed by atoms with E-state index in [1.165, 1.54) is 17.9 Å². The number of benzene rings is 2. The van der Waals surface area contributed by atoms with E-state index in [2.05, 4.69) is 15.2 Å². The largest absolute Gasteiger partial charge is 0.494 e. The summed E-state index contributed by atoms with van der Waals surface area (Å²) in [7, 11) is 2.97. The Bertz CT molecular complexity index is 1190. The fourth-order valence-electron chi connectivity index (χ4n) is 3.91. The molecule has 0 bridgehead atoms. The van der Waals surface area contributed by atoms with Gasteiger partial charge in [-0.2, -0.15) is 0 Å². The fourth-order valence-corrected chi connectivity index (χ4v) is 3.91. The topological polar surface area (TPSA) is 116 Å². The molecule has 1 aromatic heterocycles. The lowest BCUT2D eigenvalue weighted by Gasteiger charge is -2.36. The molecule has 1 fully saturated rings. The van der Waals surface area contributed by atoms with E-state index in [0.29, 0.717) is 49.0 Å². The minimum Gasteiger partial charge on any atom is -0.494 e. The van der Waals surface area contributed by atoms with E-state index >= 15 is 0 Å². The van der Waals surface area contributed by atoms with Crippen LogP contribution < -0.4 is 14.4 Å². The number of methoxy groups -OCH3 is 2. The first-order valence-corrected chi connectivity index (χ1v) is 10.4. The van der Waals surface area contributed by atoms with E-state index < -0.39 is 4.92 Å². The lowest BCUT2D eigenvalue weighted by molar-refractivity contribution is -0.385. The summed E-state index contributed by atoms with van der Waals surface area (Å²) in [5.41, 5.74) is 2.29. The molecule has 0 unspecified atom stereocenters. The normalized spacial score (nSPS) is 13.7. The smallest absolute Gasteiger partial charge is 0.311 e. The number of aryl methyl sites for hydroxylation is 1. The number of carbonyl (C=O) groups excluding carboxylic acids is 1. The molecule has 2 aromatic carbocycles. The summed E-state index contributed by atoms with van der Waals surface area (Å²) in [4.78, 5) is 27.9. The van der Waals surface area contributed by atoms with Crippen molar-refractivity contribution in [2.45, 2.75) is 6.92 Å². The molecular weight excluding hydrogens is 428 g/mol. The summed E-state index contributed by atoms with van der Waals surface area (Å²) >= 11 is 0. The van der Waals surface area contributed by atoms with Gasteiger partial charge in [0.1, 0.15) is 11.4 Å². The van der Waals surface area contributed by atoms with Crippen LogP contribution in [0.5, 0.6) is 11.5 Å². The zero-order valence-electron chi connectivity index (χ0n) is 18.6. The van der Waals surface area contributed by atoms with Crippen LogP contribution in [0.3, 0.4) is 0 Å². The van der Waals surface area contributed by atoms with Gasteiger partial charge in [-0.05, 0) is 25.1 Å². The van der Waals surface area contributed by atoms with Gasteiger partial charge in [0.2, 0.25) is 0 Å². The van der Waals surface area contributed by atoms with Crippen LogP contribution in [0.4, 0.5) is 11.4 Å². The predicted octanol–water partition coefficient (Wildman–Crippen LogP) is 2.46. The van der Waals surface area contributed by atoms with Gasteiger partial charge in [0.25, 0.3) is 5.91 Å². The Hall–Kier alpha value is -4.15. The van der Waals surface area contributed by atoms with Crippen LogP contribution in [-0.4, -0.2) is 71.1 Å². The third-order valence-corrected chi connectivity index (χ3v) is 5.65. The number of anilines is 1. The summed E-state index contributed by atoms with van der Waals surface area (Å²) < 4.78 is 12.1. The predicted molar refractivity (Wildman–Crippen MR) is 120 cm³/mol. The van der Waals surface area contributed by atoms with Crippen molar-refractivity contribution in [3.05, 3.63) is 64.0 Å². The number of para-hydroxylation sites is 2. The Balaban J connectivity index is 1.52. The molecule has 3 aromatic rings. The molecule has 0 aliphatic carbocycles. The highest BCUT2D eigenvalue weighted by molar-refractivity contribution is 5.94. The molecule has 1 saturated heterocycles. The number of ether oxygens (including phenoxy) is 2. The van der Waals surface area contributed by atoms with Crippen LogP contribution in [0.25, 0.3) is 5.69 Å². The van der Waals surface area contributed by atoms with Crippen molar-refractivity contribution >= 4 is 17.3 Å². The Morgan fingerprint density at radius 2 is 1.73 bits per heavy atom. The molecule has 1 aliphatic heterocycles. The van der Waals surface area contributed by atoms with Crippen molar-refractivity contribution < 1.29 is 19.2 Å². The van der Waals surface area contributed by atoms with Crippen molar-refractivity contribution in [3.8, 4) is 17.2 Å². The summed E-state index contributed by atoms with van der Waals surface area (Å²) in [5.74, 6) is 0.635. The Morgan fingerprint density at radius 1 is 1.03 bits per heavy atom. The molecule has 0 atom stereocenters. The van der Waals surface area contributed by atoms with Gasteiger partial charge in [-0.15, -0.1) is 5.10 Å². The van der Waals surface area contributed by atoms with Crippen LogP contribution in [-0.2, 0) is 0 Å². The van der Waals surface area contributed by atoms with E-state index in [0.717, 1.165) is 5.69 Å². The van der Waals surface area contributed by atoms with Crippen molar-refractivity contribution in [1.29, 1.82) is 0 Å². The number of hydrogen-bond donors (Lipinski definition) is 0. The second-order valence-electron chi connectivity index (χ2n) is 7.50. The number of piperazine rings is 1. The third kappa shape index (κ3) is 4.16. The Morgan fingerprint density at radius 3 is 2.39 bits per heavy atom. The monoisotopic (exact) mass is 452 g/mol. The van der Waals surface area contributed by atoms with Crippen LogP contribution in [0.2, 0.25) is 0 Å². The number of amides is 1. The number of aromatic nitrogens is 3. The average molecular weight is 452 g/mol. The standard InChI is InChI=1S/C22H24N6O5/c1-15-21(27(24-23-15)17-6-4-5-7-19(17)32-2)22(29)26-12-10-25(11-13-26)16-8-9-18(28(30)31)20(14-16)33-3/h4-9,14H,10-13H2,1-3H3. The van der Waals surface area contributed by atoms with Crippen molar-refractivity contribution in [2.24, 2.45) is 0 Å². The summed E-state index contributed by atoms with van der Waals surface area (Å²) in [6.07, 6.45) is 0. The molecule has 11 heteroatoms. The van der Waals surface area contributed by atoms with E-state index in [9.17, 15) is 14.9 Å². The van der Waals surface area contributed by atoms with Gasteiger partial charge in [-0.25, -0.2) is 4.68 Å². The van der Waals surface area contributed by atoms with Gasteiger partial charge in [0, 0.05) is 44.0 Å². The summed E-state index contributed by atoms with van der Waals surface area (Å²) in [5, 5.41) is 19.4. The van der Waals surface area contributed by atoms with Crippen LogP contribution in [0, 0.1) is 17.0 Å². The molecule has 0 spiro atoms. The van der Waals surface area contributed by atoms with Crippen LogP contribution >= 0.6 is 0 Å². The maximum Gasteiger partial charge on any atom is 0.311 e. The molecule has 0 radical (unpaired) electrons. The van der Waals surface area contributed by atoms with Crippen LogP contribution in [0.1, 0.15) is 16.2 Å². The van der Waals surface area contributed by atoms with Crippen molar-refractivity contribution in [3.63, 3.8) is 0 Å². The van der Waals surface area contributed by atoms with Gasteiger partial charge in [-0.1, -0.05) is 17.3 Å². The average Bonchev–Trinajstić information content (AvgIpc) is 3.24. The SMILES string of the molecule is COc1ccccc1-n1nnc(C)c1C(=O)N1CCN(c2ccc([N+](=O)[O-])c(OC)c2)CC1. The lowest BCUT2D eigenvalue weighted by atomic mass is 10.2. The summed E-state index contributed by atoms with van der Waals surface area (Å²) in [6, 6.07) is 12.1. The van der Waals surface area contributed by atoms with Crippen molar-refractivity contribution in [1.82, 2.24) is 19.9 Å². The minimum atomic E-state index is -0.472. The maximum atomic E-state index is 13.4. The zero-order chi connectivity index (χ0) is 23.5. The number of hydrogen-bond acceptors (Lipinski definition) is 8. The van der Waals surface area contributed by atoms with Crippen LogP contribution in [0.15, 0.2) is 42.5 Å². The highest BCUT2D eigenvalue weighted by atomic mass is 16.6. The van der Waals surface area contributed by atoms with Gasteiger partial charge in [0.05, 0.1) is 24.8 Å². The number of nitro benzene ring substituents is 1. The molecule has 0 saturated carbocycles. The molecule has 172 valence electrons. The number of nitrogens with zero attached hydrogens (tertiary/aromatic N) is 6.